The van der Waals surface area contributed by atoms with Gasteiger partial charge in [-0.2, -0.15) is 0 Å². The minimum Gasteiger partial charge on any atom is -0.334 e. The zero-order valence-electron chi connectivity index (χ0n) is 16.1. The number of carbonyl (C=O) groups excluding carboxylic acids is 1. The van der Waals surface area contributed by atoms with E-state index in [9.17, 15) is 4.79 Å². The molecule has 2 atom stereocenters. The lowest BCUT2D eigenvalue weighted by atomic mass is 10.0. The van der Waals surface area contributed by atoms with Crippen LogP contribution in [0.3, 0.4) is 0 Å². The third kappa shape index (κ3) is 3.98. The van der Waals surface area contributed by atoms with Gasteiger partial charge in [0.25, 0.3) is 0 Å². The molecule has 0 aliphatic carbocycles. The number of nitrogens with zero attached hydrogens (tertiary/aromatic N) is 2. The van der Waals surface area contributed by atoms with Crippen molar-refractivity contribution in [2.45, 2.75) is 38.3 Å². The molecule has 0 N–H and O–H groups in total. The fraction of sp³-hybridized carbons (Fsp3) is 0.375. The van der Waals surface area contributed by atoms with Gasteiger partial charge in [0.2, 0.25) is 5.91 Å². The van der Waals surface area contributed by atoms with Gasteiger partial charge in [-0.05, 0) is 35.6 Å². The molecule has 0 aromatic heterocycles. The van der Waals surface area contributed by atoms with Crippen molar-refractivity contribution in [1.29, 1.82) is 0 Å². The van der Waals surface area contributed by atoms with E-state index in [0.29, 0.717) is 24.4 Å². The Kier molecular flexibility index (Phi) is 5.40. The number of fused-ring (bicyclic) bond motifs is 2. The van der Waals surface area contributed by atoms with E-state index >= 15 is 0 Å². The zero-order chi connectivity index (χ0) is 18.6. The van der Waals surface area contributed by atoms with Gasteiger partial charge in [-0.15, -0.1) is 0 Å². The summed E-state index contributed by atoms with van der Waals surface area (Å²) in [5.74, 6) is 0.324. The monoisotopic (exact) mass is 360 g/mol. The molecule has 2 heterocycles. The Bertz CT molecular complexity index is 786. The van der Waals surface area contributed by atoms with E-state index in [1.54, 1.807) is 0 Å². The van der Waals surface area contributed by atoms with E-state index in [1.807, 2.05) is 6.92 Å². The third-order valence-electron chi connectivity index (χ3n) is 5.83. The molecule has 0 saturated carbocycles. The van der Waals surface area contributed by atoms with Crippen LogP contribution in [0.2, 0.25) is 0 Å². The highest BCUT2D eigenvalue weighted by Crippen LogP contribution is 2.32. The highest BCUT2D eigenvalue weighted by atomic mass is 16.2. The summed E-state index contributed by atoms with van der Waals surface area (Å²) in [7, 11) is 0. The molecule has 2 aliphatic rings. The van der Waals surface area contributed by atoms with Crippen LogP contribution in [-0.4, -0.2) is 47.4 Å². The summed E-state index contributed by atoms with van der Waals surface area (Å²) in [6, 6.07) is 22.0. The van der Waals surface area contributed by atoms with Crippen LogP contribution in [0.15, 0.2) is 60.7 Å². The average Bonchev–Trinajstić information content (AvgIpc) is 2.99. The first-order chi connectivity index (χ1) is 13.2. The van der Waals surface area contributed by atoms with E-state index in [1.165, 1.54) is 16.7 Å². The molecular weight excluding hydrogens is 332 g/mol. The van der Waals surface area contributed by atoms with Crippen molar-refractivity contribution in [3.8, 4) is 0 Å². The van der Waals surface area contributed by atoms with Crippen LogP contribution in [0.25, 0.3) is 11.6 Å². The van der Waals surface area contributed by atoms with Gasteiger partial charge in [-0.25, -0.2) is 0 Å². The maximum Gasteiger partial charge on any atom is 0.222 e. The fourth-order valence-electron chi connectivity index (χ4n) is 4.57. The first-order valence-corrected chi connectivity index (χ1v) is 10.1. The Morgan fingerprint density at radius 1 is 0.963 bits per heavy atom. The number of hydrogen-bond donors (Lipinski definition) is 0. The summed E-state index contributed by atoms with van der Waals surface area (Å²) in [6.45, 7) is 4.88. The smallest absolute Gasteiger partial charge is 0.222 e. The predicted molar refractivity (Wildman–Crippen MR) is 111 cm³/mol. The summed E-state index contributed by atoms with van der Waals surface area (Å²) in [5, 5.41) is 0. The van der Waals surface area contributed by atoms with Gasteiger partial charge >= 0.3 is 0 Å². The van der Waals surface area contributed by atoms with Crippen LogP contribution < -0.4 is 0 Å². The lowest BCUT2D eigenvalue weighted by Gasteiger charge is -2.41. The summed E-state index contributed by atoms with van der Waals surface area (Å²) in [4.78, 5) is 17.0. The van der Waals surface area contributed by atoms with Crippen LogP contribution in [0, 0.1) is 0 Å². The predicted octanol–water partition coefficient (Wildman–Crippen LogP) is 4.31. The maximum absolute atomic E-state index is 12.3. The van der Waals surface area contributed by atoms with Crippen molar-refractivity contribution in [3.63, 3.8) is 0 Å². The first-order valence-electron chi connectivity index (χ1n) is 10.1. The molecule has 0 spiro atoms. The number of hydrogen-bond acceptors (Lipinski definition) is 2. The van der Waals surface area contributed by atoms with Crippen LogP contribution >= 0.6 is 0 Å². The van der Waals surface area contributed by atoms with Crippen molar-refractivity contribution in [2.24, 2.45) is 0 Å². The molecule has 2 fully saturated rings. The topological polar surface area (TPSA) is 23.6 Å². The van der Waals surface area contributed by atoms with E-state index < -0.39 is 0 Å². The number of rotatable bonds is 5. The van der Waals surface area contributed by atoms with E-state index in [-0.39, 0.29) is 0 Å². The van der Waals surface area contributed by atoms with Crippen LogP contribution in [0.4, 0.5) is 0 Å². The van der Waals surface area contributed by atoms with Crippen molar-refractivity contribution < 1.29 is 4.79 Å². The highest BCUT2D eigenvalue weighted by molar-refractivity contribution is 5.82. The Morgan fingerprint density at radius 2 is 1.56 bits per heavy atom. The van der Waals surface area contributed by atoms with Gasteiger partial charge in [0.05, 0.1) is 0 Å². The molecule has 140 valence electrons. The average molecular weight is 361 g/mol. The van der Waals surface area contributed by atoms with Gasteiger partial charge in [-0.3, -0.25) is 9.69 Å². The number of amides is 1. The molecule has 1 amide bonds. The van der Waals surface area contributed by atoms with E-state index in [2.05, 4.69) is 76.5 Å². The minimum absolute atomic E-state index is 0.324. The van der Waals surface area contributed by atoms with Gasteiger partial charge in [0, 0.05) is 38.1 Å². The summed E-state index contributed by atoms with van der Waals surface area (Å²) >= 11 is 0. The zero-order valence-corrected chi connectivity index (χ0v) is 16.1. The summed E-state index contributed by atoms with van der Waals surface area (Å²) in [6.07, 6.45) is 5.23. The Morgan fingerprint density at radius 3 is 2.15 bits per heavy atom. The first kappa shape index (κ1) is 18.0. The van der Waals surface area contributed by atoms with Crippen LogP contribution in [0.5, 0.6) is 0 Å². The van der Waals surface area contributed by atoms with Crippen molar-refractivity contribution >= 4 is 17.6 Å². The Labute approximate surface area is 162 Å². The molecule has 27 heavy (non-hydrogen) atoms. The maximum atomic E-state index is 12.3. The largest absolute Gasteiger partial charge is 0.334 e. The quantitative estimate of drug-likeness (QED) is 0.742. The molecule has 3 nitrogen and oxygen atoms in total. The van der Waals surface area contributed by atoms with E-state index in [0.717, 1.165) is 32.5 Å². The third-order valence-corrected chi connectivity index (χ3v) is 5.83. The molecule has 2 saturated heterocycles. The Balaban J connectivity index is 1.55. The second-order valence-electron chi connectivity index (χ2n) is 7.68. The lowest BCUT2D eigenvalue weighted by Crippen LogP contribution is -2.55. The molecule has 3 heteroatoms. The molecule has 2 aromatic carbocycles. The van der Waals surface area contributed by atoms with Crippen molar-refractivity contribution in [3.05, 3.63) is 71.8 Å². The number of likely N-dealkylation sites (tertiary alicyclic amines) is 1. The SMILES string of the molecule is CCC(=O)N1C2CCC1CN(C/C(=C\c1ccccc1)c1ccccc1)C2. The minimum atomic E-state index is 0.324. The fourth-order valence-corrected chi connectivity index (χ4v) is 4.57. The number of carbonyl (C=O) groups is 1. The molecule has 2 bridgehead atoms. The second-order valence-corrected chi connectivity index (χ2v) is 7.68. The molecule has 4 rings (SSSR count). The van der Waals surface area contributed by atoms with Gasteiger partial charge in [0.15, 0.2) is 0 Å². The molecule has 2 aliphatic heterocycles. The van der Waals surface area contributed by atoms with Crippen LogP contribution in [-0.2, 0) is 4.79 Å². The highest BCUT2D eigenvalue weighted by Gasteiger charge is 2.41. The number of benzene rings is 2. The molecule has 2 unspecified atom stereocenters. The normalized spacial score (nSPS) is 22.9. The molecule has 0 radical (unpaired) electrons. The van der Waals surface area contributed by atoms with Gasteiger partial charge < -0.3 is 4.90 Å². The van der Waals surface area contributed by atoms with Gasteiger partial charge in [-0.1, -0.05) is 67.6 Å². The van der Waals surface area contributed by atoms with E-state index in [4.69, 9.17) is 0 Å². The molecular formula is C24H28N2O. The summed E-state index contributed by atoms with van der Waals surface area (Å²) in [5.41, 5.74) is 3.86. The van der Waals surface area contributed by atoms with Crippen LogP contribution in [0.1, 0.15) is 37.3 Å². The number of piperazine rings is 1. The van der Waals surface area contributed by atoms with Crippen molar-refractivity contribution in [1.82, 2.24) is 9.80 Å². The lowest BCUT2D eigenvalue weighted by molar-refractivity contribution is -0.136. The van der Waals surface area contributed by atoms with Crippen molar-refractivity contribution in [2.75, 3.05) is 19.6 Å². The summed E-state index contributed by atoms with van der Waals surface area (Å²) < 4.78 is 0. The standard InChI is InChI=1S/C24H28N2O/c1-2-24(27)26-22-13-14-23(26)18-25(17-22)16-21(20-11-7-4-8-12-20)15-19-9-5-3-6-10-19/h3-12,15,22-23H,2,13-14,16-18H2,1H3/b21-15+. The molecule has 2 aromatic rings. The second kappa shape index (κ2) is 8.10. The Hall–Kier alpha value is -2.39. The van der Waals surface area contributed by atoms with Gasteiger partial charge in [0.1, 0.15) is 0 Å².